The molecule has 132 valence electrons. The molecule has 0 aliphatic heterocycles. The SMILES string of the molecule is Cc1cccc(NC(=O)CS(=O)(=O)CC(=O)Nc2ccc(Cl)cc2)c1. The van der Waals surface area contributed by atoms with Crippen LogP contribution in [0.4, 0.5) is 11.4 Å². The maximum atomic E-state index is 12.0. The number of benzene rings is 2. The van der Waals surface area contributed by atoms with E-state index in [1.807, 2.05) is 13.0 Å². The fraction of sp³-hybridized carbons (Fsp3) is 0.176. The summed E-state index contributed by atoms with van der Waals surface area (Å²) in [6, 6.07) is 13.2. The molecule has 0 atom stereocenters. The summed E-state index contributed by atoms with van der Waals surface area (Å²) in [5.41, 5.74) is 1.86. The first-order valence-corrected chi connectivity index (χ1v) is 9.56. The third kappa shape index (κ3) is 6.56. The second kappa shape index (κ2) is 8.13. The number of amides is 2. The number of carbonyl (C=O) groups excluding carboxylic acids is 2. The molecule has 2 aromatic carbocycles. The Morgan fingerprint density at radius 2 is 1.48 bits per heavy atom. The lowest BCUT2D eigenvalue weighted by Crippen LogP contribution is -2.30. The van der Waals surface area contributed by atoms with Crippen LogP contribution in [0.15, 0.2) is 48.5 Å². The molecule has 6 nitrogen and oxygen atoms in total. The van der Waals surface area contributed by atoms with Crippen LogP contribution in [0.25, 0.3) is 0 Å². The van der Waals surface area contributed by atoms with E-state index in [1.165, 1.54) is 0 Å². The van der Waals surface area contributed by atoms with Crippen molar-refractivity contribution in [3.05, 3.63) is 59.1 Å². The van der Waals surface area contributed by atoms with E-state index in [2.05, 4.69) is 10.6 Å². The van der Waals surface area contributed by atoms with Crippen LogP contribution in [-0.4, -0.2) is 31.7 Å². The Balaban J connectivity index is 1.90. The van der Waals surface area contributed by atoms with Crippen molar-refractivity contribution in [2.45, 2.75) is 6.92 Å². The summed E-state index contributed by atoms with van der Waals surface area (Å²) in [4.78, 5) is 23.7. The van der Waals surface area contributed by atoms with Crippen molar-refractivity contribution in [1.82, 2.24) is 0 Å². The highest BCUT2D eigenvalue weighted by Crippen LogP contribution is 2.13. The van der Waals surface area contributed by atoms with Gasteiger partial charge in [0.1, 0.15) is 11.5 Å². The Hall–Kier alpha value is -2.38. The van der Waals surface area contributed by atoms with E-state index in [4.69, 9.17) is 11.6 Å². The molecule has 2 N–H and O–H groups in total. The fourth-order valence-corrected chi connectivity index (χ4v) is 3.27. The van der Waals surface area contributed by atoms with Crippen molar-refractivity contribution in [3.63, 3.8) is 0 Å². The van der Waals surface area contributed by atoms with Crippen LogP contribution < -0.4 is 10.6 Å². The van der Waals surface area contributed by atoms with Gasteiger partial charge in [-0.25, -0.2) is 8.42 Å². The molecular weight excluding hydrogens is 364 g/mol. The highest BCUT2D eigenvalue weighted by molar-refractivity contribution is 7.92. The number of anilines is 2. The van der Waals surface area contributed by atoms with Gasteiger partial charge in [-0.15, -0.1) is 0 Å². The molecule has 2 aromatic rings. The molecule has 0 radical (unpaired) electrons. The second-order valence-corrected chi connectivity index (χ2v) is 8.01. The Bertz CT molecular complexity index is 880. The normalized spacial score (nSPS) is 11.0. The van der Waals surface area contributed by atoms with Gasteiger partial charge in [-0.1, -0.05) is 23.7 Å². The quantitative estimate of drug-likeness (QED) is 0.805. The molecule has 2 amide bonds. The van der Waals surface area contributed by atoms with E-state index < -0.39 is 33.2 Å². The van der Waals surface area contributed by atoms with Gasteiger partial charge >= 0.3 is 0 Å². The number of hydrogen-bond acceptors (Lipinski definition) is 4. The lowest BCUT2D eigenvalue weighted by atomic mass is 10.2. The van der Waals surface area contributed by atoms with E-state index >= 15 is 0 Å². The molecule has 2 rings (SSSR count). The van der Waals surface area contributed by atoms with Crippen LogP contribution in [0, 0.1) is 6.92 Å². The number of carbonyl (C=O) groups is 2. The smallest absolute Gasteiger partial charge is 0.239 e. The summed E-state index contributed by atoms with van der Waals surface area (Å²) < 4.78 is 24.0. The standard InChI is InChI=1S/C17H17ClN2O4S/c1-12-3-2-4-15(9-12)20-17(22)11-25(23,24)10-16(21)19-14-7-5-13(18)6-8-14/h2-9H,10-11H2,1H3,(H,19,21)(H,20,22). The lowest BCUT2D eigenvalue weighted by Gasteiger charge is -2.08. The number of nitrogens with one attached hydrogen (secondary N) is 2. The highest BCUT2D eigenvalue weighted by Gasteiger charge is 2.21. The van der Waals surface area contributed by atoms with Crippen molar-refractivity contribution in [2.75, 3.05) is 22.1 Å². The van der Waals surface area contributed by atoms with Crippen molar-refractivity contribution >= 4 is 44.6 Å². The van der Waals surface area contributed by atoms with Gasteiger partial charge in [0.15, 0.2) is 9.84 Å². The Morgan fingerprint density at radius 3 is 2.04 bits per heavy atom. The number of hydrogen-bond donors (Lipinski definition) is 2. The maximum absolute atomic E-state index is 12.0. The van der Waals surface area contributed by atoms with E-state index in [1.54, 1.807) is 42.5 Å². The average Bonchev–Trinajstić information content (AvgIpc) is 2.48. The average molecular weight is 381 g/mol. The van der Waals surface area contributed by atoms with Crippen molar-refractivity contribution in [3.8, 4) is 0 Å². The van der Waals surface area contributed by atoms with Gasteiger partial charge in [0.05, 0.1) is 0 Å². The van der Waals surface area contributed by atoms with Gasteiger partial charge in [0.2, 0.25) is 11.8 Å². The van der Waals surface area contributed by atoms with Gasteiger partial charge in [-0.2, -0.15) is 0 Å². The van der Waals surface area contributed by atoms with Gasteiger partial charge < -0.3 is 10.6 Å². The predicted octanol–water partition coefficient (Wildman–Crippen LogP) is 2.64. The van der Waals surface area contributed by atoms with Crippen molar-refractivity contribution in [1.29, 1.82) is 0 Å². The van der Waals surface area contributed by atoms with Crippen LogP contribution >= 0.6 is 11.6 Å². The van der Waals surface area contributed by atoms with Gasteiger partial charge in [-0.05, 0) is 48.9 Å². The van der Waals surface area contributed by atoms with Crippen LogP contribution in [0.2, 0.25) is 5.02 Å². The molecule has 0 aliphatic rings. The molecule has 0 unspecified atom stereocenters. The molecule has 0 bridgehead atoms. The Kier molecular flexibility index (Phi) is 6.17. The first kappa shape index (κ1) is 19.0. The summed E-state index contributed by atoms with van der Waals surface area (Å²) in [5.74, 6) is -2.96. The number of aryl methyl sites for hydroxylation is 1. The second-order valence-electron chi connectivity index (χ2n) is 5.50. The molecule has 0 saturated carbocycles. The highest BCUT2D eigenvalue weighted by atomic mass is 35.5. The van der Waals surface area contributed by atoms with Gasteiger partial charge in [0, 0.05) is 16.4 Å². The summed E-state index contributed by atoms with van der Waals surface area (Å²) >= 11 is 5.74. The summed E-state index contributed by atoms with van der Waals surface area (Å²) in [7, 11) is -3.89. The predicted molar refractivity (Wildman–Crippen MR) is 98.5 cm³/mol. The molecule has 0 saturated heterocycles. The molecule has 0 aromatic heterocycles. The summed E-state index contributed by atoms with van der Waals surface area (Å²) in [6.07, 6.45) is 0. The maximum Gasteiger partial charge on any atom is 0.239 e. The topological polar surface area (TPSA) is 92.3 Å². The van der Waals surface area contributed by atoms with Gasteiger partial charge in [-0.3, -0.25) is 9.59 Å². The van der Waals surface area contributed by atoms with Crippen molar-refractivity contribution < 1.29 is 18.0 Å². The minimum absolute atomic E-state index is 0.425. The first-order valence-electron chi connectivity index (χ1n) is 7.36. The molecule has 0 aliphatic carbocycles. The van der Waals surface area contributed by atoms with Crippen LogP contribution in [-0.2, 0) is 19.4 Å². The molecule has 0 heterocycles. The Labute approximate surface area is 151 Å². The zero-order valence-electron chi connectivity index (χ0n) is 13.5. The minimum atomic E-state index is -3.89. The van der Waals surface area contributed by atoms with Crippen LogP contribution in [0.5, 0.6) is 0 Å². The Morgan fingerprint density at radius 1 is 0.920 bits per heavy atom. The minimum Gasteiger partial charge on any atom is -0.325 e. The summed E-state index contributed by atoms with van der Waals surface area (Å²) in [6.45, 7) is 1.85. The molecular formula is C17H17ClN2O4S. The molecule has 8 heteroatoms. The monoisotopic (exact) mass is 380 g/mol. The largest absolute Gasteiger partial charge is 0.325 e. The van der Waals surface area contributed by atoms with Gasteiger partial charge in [0.25, 0.3) is 0 Å². The van der Waals surface area contributed by atoms with E-state index in [0.29, 0.717) is 16.4 Å². The number of rotatable bonds is 6. The van der Waals surface area contributed by atoms with E-state index in [9.17, 15) is 18.0 Å². The third-order valence-electron chi connectivity index (χ3n) is 3.13. The van der Waals surface area contributed by atoms with Crippen molar-refractivity contribution in [2.24, 2.45) is 0 Å². The lowest BCUT2D eigenvalue weighted by molar-refractivity contribution is -0.114. The molecule has 25 heavy (non-hydrogen) atoms. The number of halogens is 1. The summed E-state index contributed by atoms with van der Waals surface area (Å²) in [5, 5.41) is 5.45. The molecule has 0 fully saturated rings. The zero-order chi connectivity index (χ0) is 18.4. The third-order valence-corrected chi connectivity index (χ3v) is 4.79. The molecule has 0 spiro atoms. The van der Waals surface area contributed by atoms with Crippen LogP contribution in [0.3, 0.4) is 0 Å². The van der Waals surface area contributed by atoms with Crippen LogP contribution in [0.1, 0.15) is 5.56 Å². The number of sulfone groups is 1. The fourth-order valence-electron chi connectivity index (χ4n) is 2.10. The first-order chi connectivity index (χ1) is 11.7. The van der Waals surface area contributed by atoms with E-state index in [0.717, 1.165) is 5.56 Å². The zero-order valence-corrected chi connectivity index (χ0v) is 15.0. The van der Waals surface area contributed by atoms with E-state index in [-0.39, 0.29) is 0 Å².